The third kappa shape index (κ3) is 2.54. The molecule has 3 rings (SSSR count). The third-order valence-electron chi connectivity index (χ3n) is 4.56. The Bertz CT molecular complexity index is 457. The Morgan fingerprint density at radius 1 is 1.16 bits per heavy atom. The predicted octanol–water partition coefficient (Wildman–Crippen LogP) is 3.54. The van der Waals surface area contributed by atoms with Crippen LogP contribution in [0.2, 0.25) is 0 Å². The van der Waals surface area contributed by atoms with Gasteiger partial charge in [0.25, 0.3) is 0 Å². The summed E-state index contributed by atoms with van der Waals surface area (Å²) in [6.07, 6.45) is 3.43. The summed E-state index contributed by atoms with van der Waals surface area (Å²) in [6, 6.07) is 8.87. The van der Waals surface area contributed by atoms with E-state index in [2.05, 4.69) is 43.0 Å². The first kappa shape index (κ1) is 12.7. The van der Waals surface area contributed by atoms with E-state index in [1.165, 1.54) is 24.0 Å². The lowest BCUT2D eigenvalue weighted by Crippen LogP contribution is -2.29. The molecule has 0 bridgehead atoms. The average molecular weight is 257 g/mol. The number of benzene rings is 1. The Morgan fingerprint density at radius 3 is 2.37 bits per heavy atom. The molecular weight excluding hydrogens is 234 g/mol. The Hall–Kier alpha value is -1.31. The molecule has 0 aromatic heterocycles. The quantitative estimate of drug-likeness (QED) is 0.811. The van der Waals surface area contributed by atoms with Gasteiger partial charge in [-0.3, -0.25) is 4.79 Å². The summed E-state index contributed by atoms with van der Waals surface area (Å²) in [5, 5.41) is 0. The molecule has 2 nitrogen and oxygen atoms in total. The van der Waals surface area contributed by atoms with E-state index >= 15 is 0 Å². The predicted molar refractivity (Wildman–Crippen MR) is 77.2 cm³/mol. The smallest absolute Gasteiger partial charge is 0.226 e. The molecule has 1 amide bonds. The number of likely N-dealkylation sites (tertiary alicyclic amines) is 1. The van der Waals surface area contributed by atoms with Crippen molar-refractivity contribution in [1.82, 2.24) is 4.90 Å². The van der Waals surface area contributed by atoms with Gasteiger partial charge < -0.3 is 4.90 Å². The first-order valence-corrected chi connectivity index (χ1v) is 7.55. The van der Waals surface area contributed by atoms with E-state index in [0.717, 1.165) is 19.5 Å². The summed E-state index contributed by atoms with van der Waals surface area (Å²) in [6.45, 7) is 6.39. The zero-order chi connectivity index (χ0) is 13.4. The molecule has 1 aromatic carbocycles. The van der Waals surface area contributed by atoms with Crippen LogP contribution in [-0.2, 0) is 4.79 Å². The SMILES string of the molecule is CC(C)c1ccc(C2CC2C(=O)N2CCCC2)cc1. The van der Waals surface area contributed by atoms with Gasteiger partial charge in [0, 0.05) is 19.0 Å². The highest BCUT2D eigenvalue weighted by Gasteiger charge is 2.45. The van der Waals surface area contributed by atoms with E-state index in [0.29, 0.717) is 17.7 Å². The Morgan fingerprint density at radius 2 is 1.79 bits per heavy atom. The van der Waals surface area contributed by atoms with Crippen molar-refractivity contribution < 1.29 is 4.79 Å². The summed E-state index contributed by atoms with van der Waals surface area (Å²) < 4.78 is 0. The molecule has 2 fully saturated rings. The average Bonchev–Trinajstić information content (AvgIpc) is 3.03. The lowest BCUT2D eigenvalue weighted by Gasteiger charge is -2.15. The van der Waals surface area contributed by atoms with Crippen LogP contribution in [0.4, 0.5) is 0 Å². The number of rotatable bonds is 3. The first-order chi connectivity index (χ1) is 9.16. The molecule has 2 unspecified atom stereocenters. The standard InChI is InChI=1S/C17H23NO/c1-12(2)13-5-7-14(8-6-13)15-11-16(15)17(19)18-9-3-4-10-18/h5-8,12,15-16H,3-4,9-11H2,1-2H3. The Labute approximate surface area is 115 Å². The van der Waals surface area contributed by atoms with Gasteiger partial charge in [-0.05, 0) is 42.2 Å². The fourth-order valence-corrected chi connectivity index (χ4v) is 3.14. The normalized spacial score (nSPS) is 25.9. The van der Waals surface area contributed by atoms with Crippen LogP contribution >= 0.6 is 0 Å². The molecule has 2 atom stereocenters. The van der Waals surface area contributed by atoms with Gasteiger partial charge in [-0.15, -0.1) is 0 Å². The minimum absolute atomic E-state index is 0.267. The largest absolute Gasteiger partial charge is 0.342 e. The molecule has 1 aromatic rings. The monoisotopic (exact) mass is 257 g/mol. The maximum Gasteiger partial charge on any atom is 0.226 e. The van der Waals surface area contributed by atoms with Gasteiger partial charge in [0.1, 0.15) is 0 Å². The van der Waals surface area contributed by atoms with Crippen LogP contribution < -0.4 is 0 Å². The van der Waals surface area contributed by atoms with Crippen LogP contribution in [0.5, 0.6) is 0 Å². The summed E-state index contributed by atoms with van der Waals surface area (Å²) >= 11 is 0. The number of hydrogen-bond donors (Lipinski definition) is 0. The zero-order valence-corrected chi connectivity index (χ0v) is 11.9. The highest BCUT2D eigenvalue weighted by molar-refractivity contribution is 5.83. The van der Waals surface area contributed by atoms with Gasteiger partial charge in [0.05, 0.1) is 0 Å². The molecule has 2 heteroatoms. The van der Waals surface area contributed by atoms with Crippen LogP contribution in [0, 0.1) is 5.92 Å². The molecule has 2 aliphatic rings. The van der Waals surface area contributed by atoms with Crippen molar-refractivity contribution in [3.63, 3.8) is 0 Å². The van der Waals surface area contributed by atoms with Gasteiger partial charge in [-0.25, -0.2) is 0 Å². The van der Waals surface area contributed by atoms with Crippen LogP contribution in [-0.4, -0.2) is 23.9 Å². The van der Waals surface area contributed by atoms with E-state index < -0.39 is 0 Å². The molecule has 1 aliphatic carbocycles. The number of hydrogen-bond acceptors (Lipinski definition) is 1. The molecular formula is C17H23NO. The molecule has 102 valence electrons. The van der Waals surface area contributed by atoms with E-state index in [1.807, 2.05) is 0 Å². The number of nitrogens with zero attached hydrogens (tertiary/aromatic N) is 1. The molecule has 0 spiro atoms. The molecule has 1 saturated carbocycles. The number of amides is 1. The van der Waals surface area contributed by atoms with Crippen molar-refractivity contribution in [2.75, 3.05) is 13.1 Å². The minimum atomic E-state index is 0.267. The second-order valence-electron chi connectivity index (χ2n) is 6.30. The lowest BCUT2D eigenvalue weighted by molar-refractivity contribution is -0.131. The first-order valence-electron chi connectivity index (χ1n) is 7.55. The van der Waals surface area contributed by atoms with Gasteiger partial charge in [-0.2, -0.15) is 0 Å². The second kappa shape index (κ2) is 4.99. The summed E-state index contributed by atoms with van der Waals surface area (Å²) in [5.74, 6) is 1.73. The van der Waals surface area contributed by atoms with E-state index in [9.17, 15) is 4.79 Å². The van der Waals surface area contributed by atoms with Crippen molar-refractivity contribution in [2.24, 2.45) is 5.92 Å². The summed E-state index contributed by atoms with van der Waals surface area (Å²) in [5.41, 5.74) is 2.73. The van der Waals surface area contributed by atoms with Crippen molar-refractivity contribution in [3.8, 4) is 0 Å². The van der Waals surface area contributed by atoms with Crippen molar-refractivity contribution in [2.45, 2.75) is 44.9 Å². The van der Waals surface area contributed by atoms with E-state index in [4.69, 9.17) is 0 Å². The zero-order valence-electron chi connectivity index (χ0n) is 11.9. The maximum atomic E-state index is 12.3. The summed E-state index contributed by atoms with van der Waals surface area (Å²) in [7, 11) is 0. The fraction of sp³-hybridized carbons (Fsp3) is 0.588. The molecule has 0 radical (unpaired) electrons. The Balaban J connectivity index is 1.64. The van der Waals surface area contributed by atoms with Crippen LogP contribution in [0.15, 0.2) is 24.3 Å². The van der Waals surface area contributed by atoms with Gasteiger partial charge in [0.2, 0.25) is 5.91 Å². The van der Waals surface area contributed by atoms with Crippen molar-refractivity contribution in [1.29, 1.82) is 0 Å². The van der Waals surface area contributed by atoms with Gasteiger partial charge >= 0.3 is 0 Å². The molecule has 1 saturated heterocycles. The van der Waals surface area contributed by atoms with Crippen LogP contribution in [0.1, 0.15) is 56.1 Å². The lowest BCUT2D eigenvalue weighted by atomic mass is 10.00. The topological polar surface area (TPSA) is 20.3 Å². The highest BCUT2D eigenvalue weighted by atomic mass is 16.2. The molecule has 19 heavy (non-hydrogen) atoms. The fourth-order valence-electron chi connectivity index (χ4n) is 3.14. The van der Waals surface area contributed by atoms with Gasteiger partial charge in [-0.1, -0.05) is 38.1 Å². The van der Waals surface area contributed by atoms with Crippen molar-refractivity contribution >= 4 is 5.91 Å². The summed E-state index contributed by atoms with van der Waals surface area (Å²) in [4.78, 5) is 14.4. The van der Waals surface area contributed by atoms with Crippen molar-refractivity contribution in [3.05, 3.63) is 35.4 Å². The molecule has 0 N–H and O–H groups in total. The van der Waals surface area contributed by atoms with E-state index in [-0.39, 0.29) is 5.92 Å². The second-order valence-corrected chi connectivity index (χ2v) is 6.30. The minimum Gasteiger partial charge on any atom is -0.342 e. The van der Waals surface area contributed by atoms with E-state index in [1.54, 1.807) is 0 Å². The maximum absolute atomic E-state index is 12.3. The van der Waals surface area contributed by atoms with Gasteiger partial charge in [0.15, 0.2) is 0 Å². The van der Waals surface area contributed by atoms with Crippen LogP contribution in [0.25, 0.3) is 0 Å². The molecule has 1 aliphatic heterocycles. The third-order valence-corrected chi connectivity index (χ3v) is 4.56. The van der Waals surface area contributed by atoms with Crippen LogP contribution in [0.3, 0.4) is 0 Å². The molecule has 1 heterocycles. The number of carbonyl (C=O) groups excluding carboxylic acids is 1. The highest BCUT2D eigenvalue weighted by Crippen LogP contribution is 2.48. The number of carbonyl (C=O) groups is 1. The Kier molecular flexibility index (Phi) is 3.34.